The van der Waals surface area contributed by atoms with Crippen molar-refractivity contribution in [1.29, 1.82) is 0 Å². The number of hydrogen-bond acceptors (Lipinski definition) is 5. The molecule has 0 spiro atoms. The fourth-order valence-electron chi connectivity index (χ4n) is 5.01. The number of methoxy groups -OCH3 is 2. The molecule has 202 valence electrons. The SMILES string of the molecule is COc1ccc(CC(=O)Nc2sc3c(c2C(=O)Nc2ccc(C)c(C)c2)CCC(C(C)(C)C)C3)cc1OC. The lowest BCUT2D eigenvalue weighted by Crippen LogP contribution is -2.27. The number of nitrogens with one attached hydrogen (secondary N) is 2. The smallest absolute Gasteiger partial charge is 0.258 e. The summed E-state index contributed by atoms with van der Waals surface area (Å²) in [6, 6.07) is 11.4. The van der Waals surface area contributed by atoms with Crippen molar-refractivity contribution in [3.05, 3.63) is 69.1 Å². The maximum Gasteiger partial charge on any atom is 0.258 e. The molecule has 1 heterocycles. The summed E-state index contributed by atoms with van der Waals surface area (Å²) in [5, 5.41) is 6.77. The van der Waals surface area contributed by atoms with Crippen molar-refractivity contribution in [1.82, 2.24) is 0 Å². The zero-order valence-electron chi connectivity index (χ0n) is 23.4. The molecule has 6 nitrogen and oxygen atoms in total. The maximum atomic E-state index is 13.7. The lowest BCUT2D eigenvalue weighted by molar-refractivity contribution is -0.115. The van der Waals surface area contributed by atoms with Crippen molar-refractivity contribution in [2.45, 2.75) is 60.3 Å². The number of anilines is 2. The van der Waals surface area contributed by atoms with Crippen LogP contribution in [0.4, 0.5) is 10.7 Å². The summed E-state index contributed by atoms with van der Waals surface area (Å²) in [7, 11) is 3.15. The van der Waals surface area contributed by atoms with Crippen molar-refractivity contribution in [3.8, 4) is 11.5 Å². The molecular formula is C31H38N2O4S. The zero-order valence-corrected chi connectivity index (χ0v) is 24.2. The van der Waals surface area contributed by atoms with Gasteiger partial charge in [0, 0.05) is 10.6 Å². The molecular weight excluding hydrogens is 496 g/mol. The Bertz CT molecular complexity index is 1350. The first-order valence-electron chi connectivity index (χ1n) is 13.0. The Morgan fingerprint density at radius 2 is 1.71 bits per heavy atom. The van der Waals surface area contributed by atoms with Crippen LogP contribution in [0.3, 0.4) is 0 Å². The van der Waals surface area contributed by atoms with E-state index >= 15 is 0 Å². The minimum atomic E-state index is -0.179. The van der Waals surface area contributed by atoms with Crippen molar-refractivity contribution >= 4 is 33.8 Å². The van der Waals surface area contributed by atoms with Gasteiger partial charge < -0.3 is 20.1 Å². The van der Waals surface area contributed by atoms with Crippen LogP contribution in [-0.4, -0.2) is 26.0 Å². The predicted molar refractivity (Wildman–Crippen MR) is 155 cm³/mol. The molecule has 3 aromatic rings. The first kappa shape index (κ1) is 27.7. The van der Waals surface area contributed by atoms with Crippen LogP contribution in [0, 0.1) is 25.2 Å². The number of thiophene rings is 1. The van der Waals surface area contributed by atoms with E-state index in [1.54, 1.807) is 37.7 Å². The molecule has 2 aromatic carbocycles. The van der Waals surface area contributed by atoms with Crippen molar-refractivity contribution in [2.75, 3.05) is 24.9 Å². The highest BCUT2D eigenvalue weighted by molar-refractivity contribution is 7.17. The highest BCUT2D eigenvalue weighted by Crippen LogP contribution is 2.44. The molecule has 7 heteroatoms. The standard InChI is InChI=1S/C31H38N2O4S/c1-18-8-11-22(14-19(18)2)32-29(35)28-23-12-10-21(31(3,4)5)17-26(23)38-30(28)33-27(34)16-20-9-13-24(36-6)25(15-20)37-7/h8-9,11,13-15,21H,10,12,16-17H2,1-7H3,(H,32,35)(H,33,34). The summed E-state index contributed by atoms with van der Waals surface area (Å²) in [5.41, 5.74) is 5.69. The minimum absolute atomic E-state index is 0.158. The van der Waals surface area contributed by atoms with E-state index in [0.29, 0.717) is 28.0 Å². The van der Waals surface area contributed by atoms with Gasteiger partial charge >= 0.3 is 0 Å². The van der Waals surface area contributed by atoms with Crippen LogP contribution in [0.5, 0.6) is 11.5 Å². The summed E-state index contributed by atoms with van der Waals surface area (Å²) >= 11 is 1.54. The number of benzene rings is 2. The van der Waals surface area contributed by atoms with E-state index in [0.717, 1.165) is 41.6 Å². The Hall–Kier alpha value is -3.32. The number of ether oxygens (including phenoxy) is 2. The molecule has 0 fully saturated rings. The van der Waals surface area contributed by atoms with Gasteiger partial charge in [0.1, 0.15) is 5.00 Å². The van der Waals surface area contributed by atoms with Crippen LogP contribution in [0.15, 0.2) is 36.4 Å². The number of rotatable bonds is 7. The second-order valence-electron chi connectivity index (χ2n) is 11.2. The van der Waals surface area contributed by atoms with Gasteiger partial charge in [-0.25, -0.2) is 0 Å². The van der Waals surface area contributed by atoms with Crippen LogP contribution in [0.25, 0.3) is 0 Å². The summed E-state index contributed by atoms with van der Waals surface area (Å²) in [4.78, 5) is 28.0. The Labute approximate surface area is 229 Å². The lowest BCUT2D eigenvalue weighted by atomic mass is 9.72. The van der Waals surface area contributed by atoms with E-state index in [4.69, 9.17) is 9.47 Å². The monoisotopic (exact) mass is 534 g/mol. The van der Waals surface area contributed by atoms with Gasteiger partial charge in [-0.3, -0.25) is 9.59 Å². The van der Waals surface area contributed by atoms with E-state index in [1.165, 1.54) is 10.4 Å². The minimum Gasteiger partial charge on any atom is -0.493 e. The Balaban J connectivity index is 1.62. The van der Waals surface area contributed by atoms with Gasteiger partial charge in [0.05, 0.1) is 26.2 Å². The van der Waals surface area contributed by atoms with Crippen molar-refractivity contribution in [3.63, 3.8) is 0 Å². The van der Waals surface area contributed by atoms with Gasteiger partial charge in [0.15, 0.2) is 11.5 Å². The predicted octanol–water partition coefficient (Wildman–Crippen LogP) is 6.97. The number of amides is 2. The molecule has 1 aliphatic rings. The zero-order chi connectivity index (χ0) is 27.6. The summed E-state index contributed by atoms with van der Waals surface area (Å²) in [5.74, 6) is 1.36. The molecule has 0 bridgehead atoms. The summed E-state index contributed by atoms with van der Waals surface area (Å²) in [6.07, 6.45) is 2.93. The normalized spacial score (nSPS) is 15.0. The van der Waals surface area contributed by atoms with Crippen molar-refractivity contribution < 1.29 is 19.1 Å². The van der Waals surface area contributed by atoms with Crippen LogP contribution in [0.2, 0.25) is 0 Å². The molecule has 0 saturated carbocycles. The third-order valence-corrected chi connectivity index (χ3v) is 8.72. The molecule has 1 unspecified atom stereocenters. The Kier molecular flexibility index (Phi) is 8.16. The number of carbonyl (C=O) groups excluding carboxylic acids is 2. The molecule has 38 heavy (non-hydrogen) atoms. The second-order valence-corrected chi connectivity index (χ2v) is 12.3. The molecule has 4 rings (SSSR count). The molecule has 1 atom stereocenters. The summed E-state index contributed by atoms with van der Waals surface area (Å²) < 4.78 is 10.7. The fraction of sp³-hybridized carbons (Fsp3) is 0.419. The van der Waals surface area contributed by atoms with E-state index in [9.17, 15) is 9.59 Å². The molecule has 0 radical (unpaired) electrons. The third kappa shape index (κ3) is 6.04. The van der Waals surface area contributed by atoms with E-state index < -0.39 is 0 Å². The van der Waals surface area contributed by atoms with Crippen molar-refractivity contribution in [2.24, 2.45) is 11.3 Å². The Morgan fingerprint density at radius 1 is 0.974 bits per heavy atom. The largest absolute Gasteiger partial charge is 0.493 e. The molecule has 0 saturated heterocycles. The van der Waals surface area contributed by atoms with Gasteiger partial charge in [-0.05, 0) is 91.0 Å². The van der Waals surface area contributed by atoms with Gasteiger partial charge in [0.2, 0.25) is 5.91 Å². The summed E-state index contributed by atoms with van der Waals surface area (Å²) in [6.45, 7) is 10.9. The quantitative estimate of drug-likeness (QED) is 0.343. The highest BCUT2D eigenvalue weighted by Gasteiger charge is 2.34. The molecule has 1 aliphatic carbocycles. The van der Waals surface area contributed by atoms with Crippen LogP contribution >= 0.6 is 11.3 Å². The average molecular weight is 535 g/mol. The third-order valence-electron chi connectivity index (χ3n) is 7.55. The Morgan fingerprint density at radius 3 is 2.37 bits per heavy atom. The van der Waals surface area contributed by atoms with Gasteiger partial charge in [-0.1, -0.05) is 32.9 Å². The first-order valence-corrected chi connectivity index (χ1v) is 13.9. The van der Waals surface area contributed by atoms with Gasteiger partial charge in [-0.2, -0.15) is 0 Å². The van der Waals surface area contributed by atoms with Gasteiger partial charge in [-0.15, -0.1) is 11.3 Å². The number of aryl methyl sites for hydroxylation is 2. The van der Waals surface area contributed by atoms with E-state index in [-0.39, 0.29) is 23.7 Å². The molecule has 0 aliphatic heterocycles. The highest BCUT2D eigenvalue weighted by atomic mass is 32.1. The molecule has 2 amide bonds. The van der Waals surface area contributed by atoms with Crippen LogP contribution in [0.1, 0.15) is 64.7 Å². The topological polar surface area (TPSA) is 76.7 Å². The second kappa shape index (κ2) is 11.2. The lowest BCUT2D eigenvalue weighted by Gasteiger charge is -2.33. The number of carbonyl (C=O) groups is 2. The first-order chi connectivity index (χ1) is 18.0. The number of fused-ring (bicyclic) bond motifs is 1. The van der Waals surface area contributed by atoms with E-state index in [1.807, 2.05) is 38.1 Å². The average Bonchev–Trinajstić information content (AvgIpc) is 3.22. The van der Waals surface area contributed by atoms with Gasteiger partial charge in [0.25, 0.3) is 5.91 Å². The van der Waals surface area contributed by atoms with Crippen LogP contribution in [-0.2, 0) is 24.1 Å². The molecule has 2 N–H and O–H groups in total. The number of hydrogen-bond donors (Lipinski definition) is 2. The molecule has 1 aromatic heterocycles. The fourth-order valence-corrected chi connectivity index (χ4v) is 6.35. The van der Waals surface area contributed by atoms with Crippen LogP contribution < -0.4 is 20.1 Å². The van der Waals surface area contributed by atoms with E-state index in [2.05, 4.69) is 31.4 Å². The maximum absolute atomic E-state index is 13.7.